The molecule has 26 heavy (non-hydrogen) atoms. The van der Waals surface area contributed by atoms with Gasteiger partial charge in [-0.2, -0.15) is 0 Å². The Hall–Kier alpha value is -1.26. The molecule has 2 saturated carbocycles. The number of ether oxygens (including phenoxy) is 1. The zero-order chi connectivity index (χ0) is 18.0. The number of methoxy groups -OCH3 is 1. The van der Waals surface area contributed by atoms with Crippen molar-refractivity contribution in [3.05, 3.63) is 29.8 Å². The van der Waals surface area contributed by atoms with Gasteiger partial charge in [-0.3, -0.25) is 4.79 Å². The van der Waals surface area contributed by atoms with Gasteiger partial charge in [-0.05, 0) is 62.5 Å². The third-order valence-corrected chi connectivity index (χ3v) is 6.48. The summed E-state index contributed by atoms with van der Waals surface area (Å²) >= 11 is 0. The van der Waals surface area contributed by atoms with Crippen LogP contribution in [0.3, 0.4) is 0 Å². The molecule has 146 valence electrons. The maximum absolute atomic E-state index is 13.1. The summed E-state index contributed by atoms with van der Waals surface area (Å²) in [6.45, 7) is 2.12. The summed E-state index contributed by atoms with van der Waals surface area (Å²) in [7, 11) is 3.65. The maximum Gasteiger partial charge on any atom is 0.225 e. The third-order valence-electron chi connectivity index (χ3n) is 6.48. The van der Waals surface area contributed by atoms with E-state index in [0.717, 1.165) is 30.6 Å². The van der Waals surface area contributed by atoms with E-state index in [4.69, 9.17) is 10.5 Å². The van der Waals surface area contributed by atoms with Gasteiger partial charge in [-0.15, -0.1) is 12.4 Å². The summed E-state index contributed by atoms with van der Waals surface area (Å²) in [5.74, 6) is 2.43. The third kappa shape index (κ3) is 4.34. The van der Waals surface area contributed by atoms with Crippen molar-refractivity contribution < 1.29 is 9.53 Å². The van der Waals surface area contributed by atoms with Gasteiger partial charge in [0.25, 0.3) is 0 Å². The minimum atomic E-state index is 0. The number of benzene rings is 1. The summed E-state index contributed by atoms with van der Waals surface area (Å²) < 4.78 is 5.45. The molecule has 0 saturated heterocycles. The molecule has 3 rings (SSSR count). The summed E-state index contributed by atoms with van der Waals surface area (Å²) in [4.78, 5) is 15.0. The predicted octanol–water partition coefficient (Wildman–Crippen LogP) is 3.66. The fraction of sp³-hybridized carbons (Fsp3) is 0.667. The molecular formula is C21H33ClN2O2. The van der Waals surface area contributed by atoms with Crippen LogP contribution in [0.4, 0.5) is 0 Å². The van der Waals surface area contributed by atoms with Crippen LogP contribution >= 0.6 is 12.4 Å². The Morgan fingerprint density at radius 2 is 1.88 bits per heavy atom. The van der Waals surface area contributed by atoms with Crippen molar-refractivity contribution in [2.45, 2.75) is 57.5 Å². The van der Waals surface area contributed by atoms with E-state index in [0.29, 0.717) is 23.8 Å². The molecule has 1 aromatic carbocycles. The van der Waals surface area contributed by atoms with Crippen molar-refractivity contribution in [1.29, 1.82) is 0 Å². The SMILES string of the molecule is COc1ccccc1CC(C)N(C)C(=O)C1CC2CCCC(C1)C2N.Cl. The zero-order valence-corrected chi connectivity index (χ0v) is 17.0. The van der Waals surface area contributed by atoms with E-state index in [1.54, 1.807) is 7.11 Å². The summed E-state index contributed by atoms with van der Waals surface area (Å²) in [5, 5.41) is 0. The molecule has 2 aliphatic carbocycles. The molecule has 0 aromatic heterocycles. The molecule has 0 heterocycles. The standard InChI is InChI=1S/C21H32N2O2.ClH/c1-14(11-15-7-4-5-10-19(15)25-3)23(2)21(24)18-12-16-8-6-9-17(13-18)20(16)22;/h4-5,7,10,14,16-18,20H,6,8-9,11-13,22H2,1-3H3;1H. The van der Waals surface area contributed by atoms with Crippen LogP contribution in [-0.2, 0) is 11.2 Å². The Morgan fingerprint density at radius 3 is 2.50 bits per heavy atom. The Labute approximate surface area is 163 Å². The minimum absolute atomic E-state index is 0. The normalized spacial score (nSPS) is 28.6. The molecular weight excluding hydrogens is 348 g/mol. The van der Waals surface area contributed by atoms with E-state index >= 15 is 0 Å². The van der Waals surface area contributed by atoms with Crippen LogP contribution in [0.1, 0.15) is 44.6 Å². The topological polar surface area (TPSA) is 55.6 Å². The number of para-hydroxylation sites is 1. The van der Waals surface area contributed by atoms with Gasteiger partial charge in [-0.1, -0.05) is 24.6 Å². The van der Waals surface area contributed by atoms with Gasteiger partial charge in [0.05, 0.1) is 7.11 Å². The van der Waals surface area contributed by atoms with E-state index in [-0.39, 0.29) is 24.4 Å². The average molecular weight is 381 g/mol. The first-order valence-electron chi connectivity index (χ1n) is 9.65. The summed E-state index contributed by atoms with van der Waals surface area (Å²) in [6.07, 6.45) is 6.43. The number of carbonyl (C=O) groups excluding carboxylic acids is 1. The van der Waals surface area contributed by atoms with E-state index < -0.39 is 0 Å². The molecule has 5 heteroatoms. The molecule has 2 N–H and O–H groups in total. The van der Waals surface area contributed by atoms with Gasteiger partial charge >= 0.3 is 0 Å². The van der Waals surface area contributed by atoms with Crippen molar-refractivity contribution in [1.82, 2.24) is 4.90 Å². The van der Waals surface area contributed by atoms with E-state index in [9.17, 15) is 4.79 Å². The number of fused-ring (bicyclic) bond motifs is 2. The lowest BCUT2D eigenvalue weighted by atomic mass is 9.65. The highest BCUT2D eigenvalue weighted by molar-refractivity contribution is 5.85. The fourth-order valence-electron chi connectivity index (χ4n) is 4.82. The van der Waals surface area contributed by atoms with Crippen LogP contribution in [-0.4, -0.2) is 37.0 Å². The lowest BCUT2D eigenvalue weighted by Gasteiger charge is -2.44. The van der Waals surface area contributed by atoms with Crippen molar-refractivity contribution >= 4 is 18.3 Å². The molecule has 4 nitrogen and oxygen atoms in total. The number of nitrogens with zero attached hydrogens (tertiary/aromatic N) is 1. The molecule has 2 bridgehead atoms. The average Bonchev–Trinajstić information content (AvgIpc) is 2.60. The Bertz CT molecular complexity index is 595. The van der Waals surface area contributed by atoms with Gasteiger partial charge in [0.2, 0.25) is 5.91 Å². The molecule has 2 fully saturated rings. The molecule has 3 unspecified atom stereocenters. The van der Waals surface area contributed by atoms with E-state index in [1.165, 1.54) is 19.3 Å². The van der Waals surface area contributed by atoms with Crippen molar-refractivity contribution in [2.75, 3.05) is 14.2 Å². The van der Waals surface area contributed by atoms with Crippen LogP contribution in [0, 0.1) is 17.8 Å². The number of hydrogen-bond donors (Lipinski definition) is 1. The van der Waals surface area contributed by atoms with Gasteiger partial charge in [0.15, 0.2) is 0 Å². The lowest BCUT2D eigenvalue weighted by molar-refractivity contribution is -0.139. The Balaban J connectivity index is 0.00000243. The van der Waals surface area contributed by atoms with Crippen LogP contribution in [0.25, 0.3) is 0 Å². The summed E-state index contributed by atoms with van der Waals surface area (Å²) in [5.41, 5.74) is 7.53. The van der Waals surface area contributed by atoms with E-state index in [1.807, 2.05) is 30.1 Å². The minimum Gasteiger partial charge on any atom is -0.496 e. The molecule has 0 spiro atoms. The summed E-state index contributed by atoms with van der Waals surface area (Å²) in [6, 6.07) is 8.53. The second-order valence-corrected chi connectivity index (χ2v) is 8.01. The monoisotopic (exact) mass is 380 g/mol. The van der Waals surface area contributed by atoms with Gasteiger partial charge < -0.3 is 15.4 Å². The zero-order valence-electron chi connectivity index (χ0n) is 16.2. The first-order valence-corrected chi connectivity index (χ1v) is 9.65. The van der Waals surface area contributed by atoms with E-state index in [2.05, 4.69) is 13.0 Å². The predicted molar refractivity (Wildman–Crippen MR) is 108 cm³/mol. The highest BCUT2D eigenvalue weighted by Crippen LogP contribution is 2.42. The Kier molecular flexibility index (Phi) is 7.36. The van der Waals surface area contributed by atoms with Crippen molar-refractivity contribution in [3.8, 4) is 5.75 Å². The largest absolute Gasteiger partial charge is 0.496 e. The first-order chi connectivity index (χ1) is 12.0. The number of amides is 1. The smallest absolute Gasteiger partial charge is 0.225 e. The van der Waals surface area contributed by atoms with Gasteiger partial charge in [0, 0.05) is 25.0 Å². The Morgan fingerprint density at radius 1 is 1.27 bits per heavy atom. The number of nitrogens with two attached hydrogens (primary N) is 1. The molecule has 0 aliphatic heterocycles. The number of carbonyl (C=O) groups is 1. The lowest BCUT2D eigenvalue weighted by Crippen LogP contribution is -2.50. The van der Waals surface area contributed by atoms with Crippen LogP contribution in [0.5, 0.6) is 5.75 Å². The van der Waals surface area contributed by atoms with Crippen molar-refractivity contribution in [2.24, 2.45) is 23.5 Å². The second kappa shape index (κ2) is 9.09. The first kappa shape index (κ1) is 21.0. The molecule has 0 radical (unpaired) electrons. The molecule has 1 aromatic rings. The maximum atomic E-state index is 13.1. The highest BCUT2D eigenvalue weighted by atomic mass is 35.5. The van der Waals surface area contributed by atoms with Gasteiger partial charge in [-0.25, -0.2) is 0 Å². The molecule has 1 amide bonds. The number of rotatable bonds is 5. The second-order valence-electron chi connectivity index (χ2n) is 8.01. The van der Waals surface area contributed by atoms with Crippen LogP contribution in [0.15, 0.2) is 24.3 Å². The van der Waals surface area contributed by atoms with Crippen LogP contribution < -0.4 is 10.5 Å². The number of likely N-dealkylation sites (N-methyl/N-ethyl adjacent to an activating group) is 1. The highest BCUT2D eigenvalue weighted by Gasteiger charge is 2.41. The molecule has 3 atom stereocenters. The van der Waals surface area contributed by atoms with Crippen molar-refractivity contribution in [3.63, 3.8) is 0 Å². The van der Waals surface area contributed by atoms with Gasteiger partial charge in [0.1, 0.15) is 5.75 Å². The fourth-order valence-corrected chi connectivity index (χ4v) is 4.82. The molecule has 2 aliphatic rings. The number of hydrogen-bond acceptors (Lipinski definition) is 3. The number of halogens is 1. The van der Waals surface area contributed by atoms with Crippen LogP contribution in [0.2, 0.25) is 0 Å². The quantitative estimate of drug-likeness (QED) is 0.848.